The Morgan fingerprint density at radius 1 is 1.33 bits per heavy atom. The number of rotatable bonds is 3. The number of aryl methyl sites for hydroxylation is 1. The smallest absolute Gasteiger partial charge is 0.153 e. The number of nitrogens with two attached hydrogens (primary N) is 1. The van der Waals surface area contributed by atoms with Gasteiger partial charge in [0.2, 0.25) is 0 Å². The number of hydrogen-bond acceptors (Lipinski definition) is 2. The van der Waals surface area contributed by atoms with Crippen molar-refractivity contribution in [1.82, 2.24) is 0 Å². The molecule has 0 saturated heterocycles. The van der Waals surface area contributed by atoms with E-state index in [0.29, 0.717) is 12.1 Å². The minimum atomic E-state index is -1.70. The monoisotopic (exact) mass is 185 g/mol. The highest BCUT2D eigenvalue weighted by Gasteiger charge is 1.95. The van der Waals surface area contributed by atoms with Crippen molar-refractivity contribution in [2.24, 2.45) is 0 Å². The summed E-state index contributed by atoms with van der Waals surface area (Å²) in [7, 11) is 0. The van der Waals surface area contributed by atoms with Gasteiger partial charge >= 0.3 is 0 Å². The van der Waals surface area contributed by atoms with E-state index >= 15 is 0 Å². The molecule has 1 aromatic carbocycles. The third-order valence-corrected chi connectivity index (χ3v) is 2.10. The molecule has 1 unspecified atom stereocenters. The first-order chi connectivity index (χ1) is 5.68. The highest BCUT2D eigenvalue weighted by atomic mass is 32.2. The first kappa shape index (κ1) is 9.22. The number of anilines is 1. The zero-order chi connectivity index (χ0) is 8.97. The molecule has 0 saturated carbocycles. The highest BCUT2D eigenvalue weighted by molar-refractivity contribution is 7.79. The van der Waals surface area contributed by atoms with E-state index in [9.17, 15) is 4.21 Å². The Balaban J connectivity index is 2.53. The first-order valence-electron chi connectivity index (χ1n) is 3.60. The zero-order valence-corrected chi connectivity index (χ0v) is 7.38. The molecule has 12 heavy (non-hydrogen) atoms. The number of nitrogen functional groups attached to an aromatic ring is 1. The van der Waals surface area contributed by atoms with Crippen LogP contribution in [0.25, 0.3) is 0 Å². The van der Waals surface area contributed by atoms with Crippen molar-refractivity contribution in [1.29, 1.82) is 0 Å². The normalized spacial score (nSPS) is 12.8. The number of hydrogen-bond donors (Lipinski definition) is 2. The van der Waals surface area contributed by atoms with Crippen molar-refractivity contribution in [2.75, 3.05) is 11.5 Å². The molecule has 3 N–H and O–H groups in total. The molecule has 66 valence electrons. The second kappa shape index (κ2) is 4.23. The van der Waals surface area contributed by atoms with Gasteiger partial charge in [-0.2, -0.15) is 0 Å². The van der Waals surface area contributed by atoms with Gasteiger partial charge in [0, 0.05) is 5.69 Å². The summed E-state index contributed by atoms with van der Waals surface area (Å²) in [5, 5.41) is 0. The zero-order valence-electron chi connectivity index (χ0n) is 6.56. The maximum atomic E-state index is 10.3. The van der Waals surface area contributed by atoms with E-state index in [4.69, 9.17) is 10.3 Å². The van der Waals surface area contributed by atoms with Gasteiger partial charge in [0.1, 0.15) is 0 Å². The molecule has 0 aromatic heterocycles. The van der Waals surface area contributed by atoms with Crippen LogP contribution in [0.3, 0.4) is 0 Å². The predicted molar refractivity (Wildman–Crippen MR) is 50.2 cm³/mol. The molecule has 0 heterocycles. The fraction of sp³-hybridized carbons (Fsp3) is 0.250. The third kappa shape index (κ3) is 3.02. The van der Waals surface area contributed by atoms with Crippen LogP contribution in [0.4, 0.5) is 5.69 Å². The van der Waals surface area contributed by atoms with E-state index < -0.39 is 11.1 Å². The Hall–Kier alpha value is -0.870. The summed E-state index contributed by atoms with van der Waals surface area (Å²) in [5.41, 5.74) is 7.22. The van der Waals surface area contributed by atoms with Crippen LogP contribution in [-0.2, 0) is 17.5 Å². The summed E-state index contributed by atoms with van der Waals surface area (Å²) in [5.74, 6) is 0.282. The molecule has 1 aromatic rings. The van der Waals surface area contributed by atoms with Crippen LogP contribution < -0.4 is 5.73 Å². The third-order valence-electron chi connectivity index (χ3n) is 1.55. The van der Waals surface area contributed by atoms with Crippen LogP contribution in [0.1, 0.15) is 5.56 Å². The standard InChI is InChI=1S/C8H11NO2S/c9-8-3-1-7(2-4-8)5-6-12(10)11/h1-4H,5-6,9H2,(H,10,11). The van der Waals surface area contributed by atoms with E-state index in [1.54, 1.807) is 12.1 Å². The van der Waals surface area contributed by atoms with Crippen LogP contribution in [-0.4, -0.2) is 14.5 Å². The van der Waals surface area contributed by atoms with Gasteiger partial charge in [0.05, 0.1) is 5.75 Å². The van der Waals surface area contributed by atoms with Gasteiger partial charge in [-0.15, -0.1) is 0 Å². The molecule has 0 spiro atoms. The molecular formula is C8H11NO2S. The SMILES string of the molecule is Nc1ccc(CCS(=O)O)cc1. The molecule has 0 aliphatic carbocycles. The maximum absolute atomic E-state index is 10.3. The second-order valence-electron chi connectivity index (χ2n) is 2.52. The summed E-state index contributed by atoms with van der Waals surface area (Å²) >= 11 is -1.70. The minimum Gasteiger partial charge on any atom is -0.399 e. The van der Waals surface area contributed by atoms with Gasteiger partial charge in [-0.3, -0.25) is 0 Å². The predicted octanol–water partition coefficient (Wildman–Crippen LogP) is 1.03. The average Bonchev–Trinajstić information content (AvgIpc) is 2.03. The molecule has 1 rings (SSSR count). The van der Waals surface area contributed by atoms with E-state index in [2.05, 4.69) is 0 Å². The lowest BCUT2D eigenvalue weighted by atomic mass is 10.2. The molecule has 0 aliphatic heterocycles. The van der Waals surface area contributed by atoms with E-state index in [0.717, 1.165) is 5.56 Å². The fourth-order valence-electron chi connectivity index (χ4n) is 0.889. The summed E-state index contributed by atoms with van der Waals surface area (Å²) < 4.78 is 18.8. The topological polar surface area (TPSA) is 63.3 Å². The Kier molecular flexibility index (Phi) is 3.25. The highest BCUT2D eigenvalue weighted by Crippen LogP contribution is 2.05. The summed E-state index contributed by atoms with van der Waals surface area (Å²) in [6.45, 7) is 0. The van der Waals surface area contributed by atoms with Crippen LogP contribution in [0.5, 0.6) is 0 Å². The van der Waals surface area contributed by atoms with Crippen molar-refractivity contribution in [2.45, 2.75) is 6.42 Å². The van der Waals surface area contributed by atoms with Crippen LogP contribution >= 0.6 is 0 Å². The van der Waals surface area contributed by atoms with Crippen LogP contribution in [0.2, 0.25) is 0 Å². The van der Waals surface area contributed by atoms with Crippen molar-refractivity contribution in [3.05, 3.63) is 29.8 Å². The lowest BCUT2D eigenvalue weighted by Crippen LogP contribution is -1.98. The largest absolute Gasteiger partial charge is 0.399 e. The van der Waals surface area contributed by atoms with Crippen molar-refractivity contribution in [3.63, 3.8) is 0 Å². The van der Waals surface area contributed by atoms with Crippen LogP contribution in [0.15, 0.2) is 24.3 Å². The van der Waals surface area contributed by atoms with E-state index in [1.807, 2.05) is 12.1 Å². The average molecular weight is 185 g/mol. The lowest BCUT2D eigenvalue weighted by molar-refractivity contribution is 0.563. The maximum Gasteiger partial charge on any atom is 0.153 e. The summed E-state index contributed by atoms with van der Waals surface area (Å²) in [4.78, 5) is 0. The van der Waals surface area contributed by atoms with Gasteiger partial charge < -0.3 is 10.3 Å². The van der Waals surface area contributed by atoms with Gasteiger partial charge in [0.25, 0.3) is 0 Å². The minimum absolute atomic E-state index is 0.282. The Labute approximate surface area is 73.9 Å². The van der Waals surface area contributed by atoms with Crippen molar-refractivity contribution in [3.8, 4) is 0 Å². The van der Waals surface area contributed by atoms with Crippen molar-refractivity contribution < 1.29 is 8.76 Å². The molecular weight excluding hydrogens is 174 g/mol. The van der Waals surface area contributed by atoms with Gasteiger partial charge in [-0.25, -0.2) is 4.21 Å². The Morgan fingerprint density at radius 2 is 1.92 bits per heavy atom. The summed E-state index contributed by atoms with van der Waals surface area (Å²) in [6.07, 6.45) is 0.614. The second-order valence-corrected chi connectivity index (χ2v) is 3.57. The Bertz CT molecular complexity index is 271. The van der Waals surface area contributed by atoms with Gasteiger partial charge in [-0.05, 0) is 24.1 Å². The number of benzene rings is 1. The molecule has 0 radical (unpaired) electrons. The first-order valence-corrected chi connectivity index (χ1v) is 4.88. The Morgan fingerprint density at radius 3 is 2.42 bits per heavy atom. The molecule has 4 heteroatoms. The molecule has 0 aliphatic rings. The molecule has 1 atom stereocenters. The van der Waals surface area contributed by atoms with Gasteiger partial charge in [-0.1, -0.05) is 12.1 Å². The van der Waals surface area contributed by atoms with Crippen molar-refractivity contribution >= 4 is 16.8 Å². The quantitative estimate of drug-likeness (QED) is 0.546. The van der Waals surface area contributed by atoms with Gasteiger partial charge in [0.15, 0.2) is 11.1 Å². The van der Waals surface area contributed by atoms with E-state index in [1.165, 1.54) is 0 Å². The lowest BCUT2D eigenvalue weighted by Gasteiger charge is -1.98. The molecule has 0 bridgehead atoms. The van der Waals surface area contributed by atoms with Crippen LogP contribution in [0, 0.1) is 0 Å². The summed E-state index contributed by atoms with van der Waals surface area (Å²) in [6, 6.07) is 7.30. The fourth-order valence-corrected chi connectivity index (χ4v) is 1.30. The van der Waals surface area contributed by atoms with E-state index in [-0.39, 0.29) is 5.75 Å². The molecule has 0 amide bonds. The molecule has 0 fully saturated rings. The molecule has 3 nitrogen and oxygen atoms in total.